The van der Waals surface area contributed by atoms with Crippen molar-refractivity contribution in [2.75, 3.05) is 13.7 Å². The highest BCUT2D eigenvalue weighted by Crippen LogP contribution is 2.25. The quantitative estimate of drug-likeness (QED) is 0.854. The van der Waals surface area contributed by atoms with Gasteiger partial charge in [0.2, 0.25) is 5.91 Å². The summed E-state index contributed by atoms with van der Waals surface area (Å²) in [5.74, 6) is 0.721. The van der Waals surface area contributed by atoms with Crippen LogP contribution < -0.4 is 10.1 Å². The fraction of sp³-hybridized carbons (Fsp3) is 0.467. The molecule has 0 heterocycles. The molecule has 4 nitrogen and oxygen atoms in total. The van der Waals surface area contributed by atoms with E-state index in [1.54, 1.807) is 7.11 Å². The molecule has 0 aliphatic heterocycles. The van der Waals surface area contributed by atoms with Crippen molar-refractivity contribution < 1.29 is 9.53 Å². The third kappa shape index (κ3) is 4.63. The molecule has 0 saturated carbocycles. The van der Waals surface area contributed by atoms with Crippen LogP contribution in [0.4, 0.5) is 0 Å². The van der Waals surface area contributed by atoms with Gasteiger partial charge in [-0.1, -0.05) is 26.0 Å². The summed E-state index contributed by atoms with van der Waals surface area (Å²) in [5.41, 5.74) is 0.920. The van der Waals surface area contributed by atoms with E-state index in [9.17, 15) is 4.79 Å². The van der Waals surface area contributed by atoms with Gasteiger partial charge in [0.05, 0.1) is 13.2 Å². The minimum absolute atomic E-state index is 0.0856. The zero-order chi connectivity index (χ0) is 14.3. The molecular weight excluding hydrogens is 240 g/mol. The summed E-state index contributed by atoms with van der Waals surface area (Å²) in [6, 6.07) is 9.79. The Morgan fingerprint density at radius 1 is 1.47 bits per heavy atom. The Labute approximate surface area is 114 Å². The standard InChI is InChI=1S/C15H20N2O2/c1-15(2,11-17-14(18)8-5-9-16)12-6-4-7-13(10-12)19-3/h4,6-7,10H,5,8,11H2,1-3H3,(H,17,18). The molecule has 1 N–H and O–H groups in total. The van der Waals surface area contributed by atoms with Crippen LogP contribution in [-0.2, 0) is 10.2 Å². The molecule has 0 fully saturated rings. The SMILES string of the molecule is COc1cccc(C(C)(C)CNC(=O)CCC#N)c1. The van der Waals surface area contributed by atoms with E-state index in [1.807, 2.05) is 30.3 Å². The minimum Gasteiger partial charge on any atom is -0.497 e. The van der Waals surface area contributed by atoms with Crippen molar-refractivity contribution >= 4 is 5.91 Å². The minimum atomic E-state index is -0.184. The molecule has 1 aromatic carbocycles. The molecule has 0 bridgehead atoms. The summed E-state index contributed by atoms with van der Waals surface area (Å²) in [6.07, 6.45) is 0.510. The normalized spacial score (nSPS) is 10.6. The van der Waals surface area contributed by atoms with Crippen LogP contribution in [0.3, 0.4) is 0 Å². The fourth-order valence-electron chi connectivity index (χ4n) is 1.72. The first-order valence-electron chi connectivity index (χ1n) is 6.28. The topological polar surface area (TPSA) is 62.1 Å². The van der Waals surface area contributed by atoms with Crippen molar-refractivity contribution in [1.29, 1.82) is 5.26 Å². The number of hydrogen-bond acceptors (Lipinski definition) is 3. The molecule has 0 aliphatic rings. The van der Waals surface area contributed by atoms with E-state index in [1.165, 1.54) is 0 Å². The van der Waals surface area contributed by atoms with E-state index in [-0.39, 0.29) is 24.2 Å². The number of rotatable bonds is 6. The van der Waals surface area contributed by atoms with E-state index >= 15 is 0 Å². The van der Waals surface area contributed by atoms with Gasteiger partial charge >= 0.3 is 0 Å². The molecule has 0 radical (unpaired) electrons. The molecule has 19 heavy (non-hydrogen) atoms. The maximum Gasteiger partial charge on any atom is 0.221 e. The van der Waals surface area contributed by atoms with Gasteiger partial charge in [0.1, 0.15) is 5.75 Å². The van der Waals surface area contributed by atoms with E-state index in [0.717, 1.165) is 11.3 Å². The zero-order valence-corrected chi connectivity index (χ0v) is 11.7. The van der Waals surface area contributed by atoms with Gasteiger partial charge in [0, 0.05) is 24.8 Å². The van der Waals surface area contributed by atoms with Crippen molar-refractivity contribution in [2.24, 2.45) is 0 Å². The van der Waals surface area contributed by atoms with Crippen molar-refractivity contribution in [3.05, 3.63) is 29.8 Å². The Morgan fingerprint density at radius 2 is 2.21 bits per heavy atom. The van der Waals surface area contributed by atoms with Gasteiger partial charge in [-0.25, -0.2) is 0 Å². The first-order valence-corrected chi connectivity index (χ1v) is 6.28. The van der Waals surface area contributed by atoms with Crippen LogP contribution in [-0.4, -0.2) is 19.6 Å². The van der Waals surface area contributed by atoms with Crippen molar-refractivity contribution in [3.8, 4) is 11.8 Å². The third-order valence-electron chi connectivity index (χ3n) is 3.04. The zero-order valence-electron chi connectivity index (χ0n) is 11.7. The first kappa shape index (κ1) is 15.0. The highest BCUT2D eigenvalue weighted by molar-refractivity contribution is 5.76. The van der Waals surface area contributed by atoms with E-state index in [2.05, 4.69) is 19.2 Å². The molecular formula is C15H20N2O2. The van der Waals surface area contributed by atoms with Crippen LogP contribution in [0.25, 0.3) is 0 Å². The number of ether oxygens (including phenoxy) is 1. The van der Waals surface area contributed by atoms with Crippen molar-refractivity contribution in [1.82, 2.24) is 5.32 Å². The molecule has 102 valence electrons. The Kier molecular flexibility index (Phi) is 5.37. The Balaban J connectivity index is 2.64. The molecule has 0 aromatic heterocycles. The van der Waals surface area contributed by atoms with Gasteiger partial charge in [0.15, 0.2) is 0 Å². The number of amides is 1. The summed E-state index contributed by atoms with van der Waals surface area (Å²) in [5, 5.41) is 11.3. The predicted octanol–water partition coefficient (Wildman–Crippen LogP) is 2.39. The molecule has 0 saturated heterocycles. The monoisotopic (exact) mass is 260 g/mol. The van der Waals surface area contributed by atoms with Gasteiger partial charge in [-0.05, 0) is 17.7 Å². The molecule has 4 heteroatoms. The molecule has 0 atom stereocenters. The Bertz CT molecular complexity index is 475. The lowest BCUT2D eigenvalue weighted by molar-refractivity contribution is -0.121. The van der Waals surface area contributed by atoms with Crippen LogP contribution in [0.5, 0.6) is 5.75 Å². The molecule has 1 rings (SSSR count). The average molecular weight is 260 g/mol. The first-order chi connectivity index (χ1) is 8.99. The van der Waals surface area contributed by atoms with Crippen LogP contribution in [0.2, 0.25) is 0 Å². The lowest BCUT2D eigenvalue weighted by Gasteiger charge is -2.26. The van der Waals surface area contributed by atoms with E-state index in [4.69, 9.17) is 10.00 Å². The maximum atomic E-state index is 11.5. The number of nitrogens with one attached hydrogen (secondary N) is 1. The molecule has 1 aromatic rings. The number of methoxy groups -OCH3 is 1. The third-order valence-corrected chi connectivity index (χ3v) is 3.04. The van der Waals surface area contributed by atoms with E-state index < -0.39 is 0 Å². The number of hydrogen-bond donors (Lipinski definition) is 1. The summed E-state index contributed by atoms with van der Waals surface area (Å²) in [4.78, 5) is 11.5. The lowest BCUT2D eigenvalue weighted by Crippen LogP contribution is -2.36. The summed E-state index contributed by atoms with van der Waals surface area (Å²) in [7, 11) is 1.63. The van der Waals surface area contributed by atoms with Gasteiger partial charge in [-0.3, -0.25) is 4.79 Å². The van der Waals surface area contributed by atoms with Crippen LogP contribution in [0, 0.1) is 11.3 Å². The summed E-state index contributed by atoms with van der Waals surface area (Å²) >= 11 is 0. The van der Waals surface area contributed by atoms with E-state index in [0.29, 0.717) is 6.54 Å². The summed E-state index contributed by atoms with van der Waals surface area (Å²) < 4.78 is 5.21. The molecule has 0 spiro atoms. The molecule has 0 unspecified atom stereocenters. The summed E-state index contributed by atoms with van der Waals surface area (Å²) in [6.45, 7) is 4.66. The van der Waals surface area contributed by atoms with Crippen LogP contribution >= 0.6 is 0 Å². The van der Waals surface area contributed by atoms with Crippen LogP contribution in [0.15, 0.2) is 24.3 Å². The van der Waals surface area contributed by atoms with Gasteiger partial charge in [0.25, 0.3) is 0 Å². The lowest BCUT2D eigenvalue weighted by atomic mass is 9.84. The average Bonchev–Trinajstić information content (AvgIpc) is 2.43. The maximum absolute atomic E-state index is 11.5. The second kappa shape index (κ2) is 6.79. The number of carbonyl (C=O) groups excluding carboxylic acids is 1. The second-order valence-corrected chi connectivity index (χ2v) is 5.05. The van der Waals surface area contributed by atoms with Gasteiger partial charge in [-0.2, -0.15) is 5.26 Å². The Hall–Kier alpha value is -2.02. The van der Waals surface area contributed by atoms with Crippen molar-refractivity contribution in [3.63, 3.8) is 0 Å². The highest BCUT2D eigenvalue weighted by atomic mass is 16.5. The second-order valence-electron chi connectivity index (χ2n) is 5.05. The number of nitrogens with zero attached hydrogens (tertiary/aromatic N) is 1. The van der Waals surface area contributed by atoms with Crippen molar-refractivity contribution in [2.45, 2.75) is 32.1 Å². The highest BCUT2D eigenvalue weighted by Gasteiger charge is 2.21. The fourth-order valence-corrected chi connectivity index (χ4v) is 1.72. The van der Waals surface area contributed by atoms with Crippen LogP contribution in [0.1, 0.15) is 32.3 Å². The number of benzene rings is 1. The number of nitriles is 1. The Morgan fingerprint density at radius 3 is 2.84 bits per heavy atom. The van der Waals surface area contributed by atoms with Gasteiger partial charge in [-0.15, -0.1) is 0 Å². The van der Waals surface area contributed by atoms with Gasteiger partial charge < -0.3 is 10.1 Å². The smallest absolute Gasteiger partial charge is 0.221 e. The largest absolute Gasteiger partial charge is 0.497 e. The molecule has 0 aliphatic carbocycles. The molecule has 1 amide bonds. The number of carbonyl (C=O) groups is 1. The predicted molar refractivity (Wildman–Crippen MR) is 73.9 cm³/mol.